The standard InChI is InChI=1S/C8H12N4O/c1-5-7(9)8(13)12(5)6-3-10-11(2)4-6/h3-5,7H,9H2,1-2H3. The molecule has 2 heterocycles. The number of carbonyl (C=O) groups excluding carboxylic acids is 1. The molecule has 1 aromatic heterocycles. The Morgan fingerprint density at radius 2 is 2.31 bits per heavy atom. The highest BCUT2D eigenvalue weighted by Crippen LogP contribution is 2.25. The predicted molar refractivity (Wildman–Crippen MR) is 48.1 cm³/mol. The molecule has 2 rings (SSSR count). The van der Waals surface area contributed by atoms with Crippen LogP contribution in [0, 0.1) is 0 Å². The van der Waals surface area contributed by atoms with E-state index < -0.39 is 0 Å². The number of aryl methyl sites for hydroxylation is 1. The Morgan fingerprint density at radius 3 is 2.77 bits per heavy atom. The molecule has 5 heteroatoms. The highest BCUT2D eigenvalue weighted by molar-refractivity contribution is 6.04. The fourth-order valence-electron chi connectivity index (χ4n) is 1.54. The molecule has 0 aromatic carbocycles. The first-order valence-electron chi connectivity index (χ1n) is 4.18. The van der Waals surface area contributed by atoms with E-state index >= 15 is 0 Å². The maximum atomic E-state index is 11.3. The molecule has 2 atom stereocenters. The van der Waals surface area contributed by atoms with Gasteiger partial charge in [-0.3, -0.25) is 9.48 Å². The van der Waals surface area contributed by atoms with Gasteiger partial charge in [-0.15, -0.1) is 0 Å². The molecule has 5 nitrogen and oxygen atoms in total. The van der Waals surface area contributed by atoms with Crippen LogP contribution >= 0.6 is 0 Å². The number of amides is 1. The Balaban J connectivity index is 2.24. The molecule has 13 heavy (non-hydrogen) atoms. The number of hydrogen-bond donors (Lipinski definition) is 1. The summed E-state index contributed by atoms with van der Waals surface area (Å²) >= 11 is 0. The summed E-state index contributed by atoms with van der Waals surface area (Å²) < 4.78 is 1.67. The minimum absolute atomic E-state index is 0.0273. The van der Waals surface area contributed by atoms with Gasteiger partial charge in [0.1, 0.15) is 6.04 Å². The molecule has 2 unspecified atom stereocenters. The molecule has 1 aromatic rings. The first-order valence-corrected chi connectivity index (χ1v) is 4.18. The third-order valence-electron chi connectivity index (χ3n) is 2.42. The average molecular weight is 180 g/mol. The Bertz CT molecular complexity index is 346. The largest absolute Gasteiger partial charge is 0.318 e. The van der Waals surface area contributed by atoms with E-state index in [0.717, 1.165) is 5.69 Å². The van der Waals surface area contributed by atoms with Crippen molar-refractivity contribution in [2.75, 3.05) is 4.90 Å². The first kappa shape index (κ1) is 8.25. The van der Waals surface area contributed by atoms with Gasteiger partial charge in [0.25, 0.3) is 0 Å². The Labute approximate surface area is 76.1 Å². The summed E-state index contributed by atoms with van der Waals surface area (Å²) in [4.78, 5) is 13.0. The first-order chi connectivity index (χ1) is 6.11. The molecule has 0 aliphatic carbocycles. The average Bonchev–Trinajstić information content (AvgIpc) is 2.51. The normalized spacial score (nSPS) is 27.6. The SMILES string of the molecule is CC1C(N)C(=O)N1c1cnn(C)c1. The maximum absolute atomic E-state index is 11.3. The quantitative estimate of drug-likeness (QED) is 0.591. The lowest BCUT2D eigenvalue weighted by atomic mass is 9.97. The van der Waals surface area contributed by atoms with E-state index in [4.69, 9.17) is 5.73 Å². The van der Waals surface area contributed by atoms with Gasteiger partial charge in [-0.05, 0) is 6.92 Å². The molecule has 1 saturated heterocycles. The van der Waals surface area contributed by atoms with Crippen LogP contribution in [0.2, 0.25) is 0 Å². The number of aromatic nitrogens is 2. The maximum Gasteiger partial charge on any atom is 0.246 e. The van der Waals surface area contributed by atoms with E-state index in [9.17, 15) is 4.79 Å². The van der Waals surface area contributed by atoms with Crippen molar-refractivity contribution in [2.45, 2.75) is 19.0 Å². The lowest BCUT2D eigenvalue weighted by molar-refractivity contribution is -0.125. The van der Waals surface area contributed by atoms with E-state index in [1.54, 1.807) is 22.0 Å². The van der Waals surface area contributed by atoms with E-state index in [-0.39, 0.29) is 18.0 Å². The Kier molecular flexibility index (Phi) is 1.63. The molecule has 0 bridgehead atoms. The van der Waals surface area contributed by atoms with Crippen LogP contribution in [-0.4, -0.2) is 27.8 Å². The molecule has 0 spiro atoms. The van der Waals surface area contributed by atoms with Crippen LogP contribution in [0.15, 0.2) is 12.4 Å². The smallest absolute Gasteiger partial charge is 0.246 e. The summed E-state index contributed by atoms with van der Waals surface area (Å²) in [5.74, 6) is -0.0273. The van der Waals surface area contributed by atoms with Crippen LogP contribution in [0.5, 0.6) is 0 Å². The molecular weight excluding hydrogens is 168 g/mol. The van der Waals surface area contributed by atoms with E-state index in [1.807, 2.05) is 14.0 Å². The van der Waals surface area contributed by atoms with Crippen molar-refractivity contribution in [1.29, 1.82) is 0 Å². The summed E-state index contributed by atoms with van der Waals surface area (Å²) in [7, 11) is 1.82. The van der Waals surface area contributed by atoms with E-state index in [2.05, 4.69) is 5.10 Å². The molecule has 2 N–H and O–H groups in total. The summed E-state index contributed by atoms with van der Waals surface area (Å²) in [6.45, 7) is 1.93. The second-order valence-corrected chi connectivity index (χ2v) is 3.35. The van der Waals surface area contributed by atoms with Crippen LogP contribution in [-0.2, 0) is 11.8 Å². The molecule has 1 aliphatic heterocycles. The molecule has 0 saturated carbocycles. The summed E-state index contributed by atoms with van der Waals surface area (Å²) in [5, 5.41) is 4.00. The Hall–Kier alpha value is -1.36. The van der Waals surface area contributed by atoms with Crippen LogP contribution in [0.1, 0.15) is 6.92 Å². The summed E-state index contributed by atoms with van der Waals surface area (Å²) in [5.41, 5.74) is 6.40. The minimum Gasteiger partial charge on any atom is -0.318 e. The zero-order chi connectivity index (χ0) is 9.59. The molecule has 1 aliphatic rings. The van der Waals surface area contributed by atoms with Crippen molar-refractivity contribution in [3.63, 3.8) is 0 Å². The third-order valence-corrected chi connectivity index (χ3v) is 2.42. The van der Waals surface area contributed by atoms with Gasteiger partial charge in [0, 0.05) is 13.2 Å². The van der Waals surface area contributed by atoms with Crippen LogP contribution in [0.25, 0.3) is 0 Å². The number of rotatable bonds is 1. The van der Waals surface area contributed by atoms with Crippen molar-refractivity contribution in [3.05, 3.63) is 12.4 Å². The van der Waals surface area contributed by atoms with Crippen LogP contribution < -0.4 is 10.6 Å². The molecule has 1 fully saturated rings. The molecular formula is C8H12N4O. The lowest BCUT2D eigenvalue weighted by Crippen LogP contribution is -2.67. The second kappa shape index (κ2) is 2.56. The minimum atomic E-state index is -0.347. The predicted octanol–water partition coefficient (Wildman–Crippen LogP) is -0.518. The third kappa shape index (κ3) is 1.04. The second-order valence-electron chi connectivity index (χ2n) is 3.35. The van der Waals surface area contributed by atoms with Gasteiger partial charge in [0.15, 0.2) is 0 Å². The van der Waals surface area contributed by atoms with Gasteiger partial charge in [-0.1, -0.05) is 0 Å². The summed E-state index contributed by atoms with van der Waals surface area (Å²) in [6.07, 6.45) is 3.47. The molecule has 0 radical (unpaired) electrons. The number of anilines is 1. The van der Waals surface area contributed by atoms with Crippen molar-refractivity contribution in [1.82, 2.24) is 9.78 Å². The van der Waals surface area contributed by atoms with Crippen molar-refractivity contribution < 1.29 is 4.79 Å². The zero-order valence-corrected chi connectivity index (χ0v) is 7.64. The monoisotopic (exact) mass is 180 g/mol. The van der Waals surface area contributed by atoms with Gasteiger partial charge in [0.2, 0.25) is 5.91 Å². The number of carbonyl (C=O) groups is 1. The van der Waals surface area contributed by atoms with Crippen LogP contribution in [0.3, 0.4) is 0 Å². The highest BCUT2D eigenvalue weighted by atomic mass is 16.2. The van der Waals surface area contributed by atoms with E-state index in [0.29, 0.717) is 0 Å². The van der Waals surface area contributed by atoms with Gasteiger partial charge in [-0.25, -0.2) is 0 Å². The fraction of sp³-hybridized carbons (Fsp3) is 0.500. The fourth-order valence-corrected chi connectivity index (χ4v) is 1.54. The van der Waals surface area contributed by atoms with Gasteiger partial charge < -0.3 is 10.6 Å². The number of β-lactam (4-membered cyclic amide) rings is 1. The molecule has 70 valence electrons. The lowest BCUT2D eigenvalue weighted by Gasteiger charge is -2.42. The zero-order valence-electron chi connectivity index (χ0n) is 7.64. The van der Waals surface area contributed by atoms with Gasteiger partial charge in [-0.2, -0.15) is 5.10 Å². The van der Waals surface area contributed by atoms with Crippen molar-refractivity contribution in [3.8, 4) is 0 Å². The number of nitrogens with zero attached hydrogens (tertiary/aromatic N) is 3. The number of nitrogens with two attached hydrogens (primary N) is 1. The van der Waals surface area contributed by atoms with Gasteiger partial charge >= 0.3 is 0 Å². The van der Waals surface area contributed by atoms with Crippen LogP contribution in [0.4, 0.5) is 5.69 Å². The number of hydrogen-bond acceptors (Lipinski definition) is 3. The highest BCUT2D eigenvalue weighted by Gasteiger charge is 2.42. The molecule has 1 amide bonds. The Morgan fingerprint density at radius 1 is 1.62 bits per heavy atom. The summed E-state index contributed by atoms with van der Waals surface area (Å²) in [6, 6.07) is -0.267. The van der Waals surface area contributed by atoms with Gasteiger partial charge in [0.05, 0.1) is 17.9 Å². The van der Waals surface area contributed by atoms with E-state index in [1.165, 1.54) is 0 Å². The van der Waals surface area contributed by atoms with Crippen molar-refractivity contribution >= 4 is 11.6 Å². The topological polar surface area (TPSA) is 64.2 Å². The van der Waals surface area contributed by atoms with Crippen molar-refractivity contribution in [2.24, 2.45) is 12.8 Å².